The average molecular weight is 437 g/mol. The zero-order valence-electron chi connectivity index (χ0n) is 18.2. The van der Waals surface area contributed by atoms with E-state index in [-0.39, 0.29) is 30.1 Å². The van der Waals surface area contributed by atoms with Crippen molar-refractivity contribution in [1.82, 2.24) is 5.32 Å². The van der Waals surface area contributed by atoms with Gasteiger partial charge in [0.15, 0.2) is 11.5 Å². The first-order valence-electron chi connectivity index (χ1n) is 10.8. The molecule has 0 saturated carbocycles. The van der Waals surface area contributed by atoms with Crippen LogP contribution in [0.15, 0.2) is 48.5 Å². The monoisotopic (exact) mass is 437 g/mol. The Morgan fingerprint density at radius 2 is 1.75 bits per heavy atom. The lowest BCUT2D eigenvalue weighted by Crippen LogP contribution is -2.49. The summed E-state index contributed by atoms with van der Waals surface area (Å²) in [6.45, 7) is 4.97. The molecule has 2 aromatic carbocycles. The topological polar surface area (TPSA) is 97.0 Å². The van der Waals surface area contributed by atoms with Crippen molar-refractivity contribution in [3.05, 3.63) is 48.5 Å². The fourth-order valence-corrected chi connectivity index (χ4v) is 3.89. The highest BCUT2D eigenvalue weighted by Crippen LogP contribution is 2.32. The molecule has 8 heteroatoms. The number of amides is 3. The van der Waals surface area contributed by atoms with E-state index in [4.69, 9.17) is 9.47 Å². The number of carbonyl (C=O) groups is 3. The summed E-state index contributed by atoms with van der Waals surface area (Å²) in [6, 6.07) is 13.7. The number of nitrogens with one attached hydrogen (secondary N) is 2. The molecule has 2 heterocycles. The summed E-state index contributed by atoms with van der Waals surface area (Å²) in [5.41, 5.74) is 1.33. The first-order chi connectivity index (χ1) is 15.4. The van der Waals surface area contributed by atoms with Crippen LogP contribution in [0.25, 0.3) is 0 Å². The van der Waals surface area contributed by atoms with Crippen molar-refractivity contribution in [3.8, 4) is 11.5 Å². The van der Waals surface area contributed by atoms with Crippen molar-refractivity contribution in [3.63, 3.8) is 0 Å². The number of fused-ring (bicyclic) bond motifs is 1. The number of ether oxygens (including phenoxy) is 2. The zero-order chi connectivity index (χ0) is 22.7. The average Bonchev–Trinajstić information content (AvgIpc) is 3.19. The Kier molecular flexibility index (Phi) is 6.30. The third kappa shape index (κ3) is 4.69. The second-order valence-electron chi connectivity index (χ2n) is 8.32. The van der Waals surface area contributed by atoms with E-state index < -0.39 is 12.0 Å². The number of anilines is 2. The second-order valence-corrected chi connectivity index (χ2v) is 8.32. The molecule has 2 unspecified atom stereocenters. The van der Waals surface area contributed by atoms with Crippen LogP contribution >= 0.6 is 0 Å². The van der Waals surface area contributed by atoms with Crippen LogP contribution in [-0.4, -0.2) is 43.5 Å². The lowest BCUT2D eigenvalue weighted by atomic mass is 10.0. The molecule has 1 fully saturated rings. The fraction of sp³-hybridized carbons (Fsp3) is 0.375. The molecule has 0 radical (unpaired) electrons. The maximum absolute atomic E-state index is 12.9. The highest BCUT2D eigenvalue weighted by Gasteiger charge is 2.37. The summed E-state index contributed by atoms with van der Waals surface area (Å²) in [6.07, 6.45) is 0.120. The van der Waals surface area contributed by atoms with Gasteiger partial charge in [-0.25, -0.2) is 0 Å². The number of nitrogens with zero attached hydrogens (tertiary/aromatic N) is 1. The van der Waals surface area contributed by atoms with E-state index in [0.717, 1.165) is 5.69 Å². The van der Waals surface area contributed by atoms with E-state index in [1.165, 1.54) is 0 Å². The molecule has 1 saturated heterocycles. The van der Waals surface area contributed by atoms with Crippen molar-refractivity contribution in [2.45, 2.75) is 26.3 Å². The van der Waals surface area contributed by atoms with Gasteiger partial charge < -0.3 is 25.0 Å². The Labute approximate surface area is 186 Å². The highest BCUT2D eigenvalue weighted by molar-refractivity contribution is 6.02. The van der Waals surface area contributed by atoms with Gasteiger partial charge in [0, 0.05) is 30.4 Å². The lowest BCUT2D eigenvalue weighted by Gasteiger charge is -2.24. The molecule has 168 valence electrons. The molecule has 2 aliphatic rings. The molecule has 0 aliphatic carbocycles. The smallest absolute Gasteiger partial charge is 0.247 e. The van der Waals surface area contributed by atoms with E-state index in [1.54, 1.807) is 23.1 Å². The molecule has 0 aromatic heterocycles. The maximum Gasteiger partial charge on any atom is 0.247 e. The van der Waals surface area contributed by atoms with Crippen LogP contribution in [0, 0.1) is 11.8 Å². The summed E-state index contributed by atoms with van der Waals surface area (Å²) in [7, 11) is 0. The quantitative estimate of drug-likeness (QED) is 0.724. The van der Waals surface area contributed by atoms with Crippen LogP contribution < -0.4 is 25.0 Å². The van der Waals surface area contributed by atoms with E-state index in [9.17, 15) is 14.4 Å². The zero-order valence-corrected chi connectivity index (χ0v) is 18.2. The Hall–Kier alpha value is -3.55. The van der Waals surface area contributed by atoms with Crippen molar-refractivity contribution < 1.29 is 23.9 Å². The van der Waals surface area contributed by atoms with Gasteiger partial charge in [-0.15, -0.1) is 0 Å². The first-order valence-corrected chi connectivity index (χ1v) is 10.8. The number of rotatable bonds is 6. The minimum atomic E-state index is -0.739. The minimum Gasteiger partial charge on any atom is -0.486 e. The van der Waals surface area contributed by atoms with Gasteiger partial charge in [0.2, 0.25) is 17.7 Å². The molecule has 4 rings (SSSR count). The number of carbonyl (C=O) groups excluding carboxylic acids is 3. The van der Waals surface area contributed by atoms with Gasteiger partial charge in [0.25, 0.3) is 0 Å². The van der Waals surface area contributed by atoms with Gasteiger partial charge >= 0.3 is 0 Å². The van der Waals surface area contributed by atoms with Crippen LogP contribution in [0.3, 0.4) is 0 Å². The summed E-state index contributed by atoms with van der Waals surface area (Å²) in [5.74, 6) is -0.161. The summed E-state index contributed by atoms with van der Waals surface area (Å²) in [5, 5.41) is 5.69. The second kappa shape index (κ2) is 9.30. The molecular weight excluding hydrogens is 410 g/mol. The number of hydrogen-bond acceptors (Lipinski definition) is 5. The van der Waals surface area contributed by atoms with Crippen molar-refractivity contribution in [2.75, 3.05) is 30.0 Å². The SMILES string of the molecule is CC(C)C(NC(=O)C1CC(=O)N(c2ccccc2)C1)C(=O)Nc1ccc2c(c1)OCCO2. The molecule has 2 aliphatic heterocycles. The van der Waals surface area contributed by atoms with Gasteiger partial charge in [-0.05, 0) is 30.2 Å². The Bertz CT molecular complexity index is 1010. The van der Waals surface area contributed by atoms with E-state index in [1.807, 2.05) is 44.2 Å². The third-order valence-corrected chi connectivity index (χ3v) is 5.62. The summed E-state index contributed by atoms with van der Waals surface area (Å²) >= 11 is 0. The predicted octanol–water partition coefficient (Wildman–Crippen LogP) is 2.59. The highest BCUT2D eigenvalue weighted by atomic mass is 16.6. The van der Waals surface area contributed by atoms with Gasteiger partial charge in [-0.3, -0.25) is 14.4 Å². The third-order valence-electron chi connectivity index (χ3n) is 5.62. The van der Waals surface area contributed by atoms with E-state index in [2.05, 4.69) is 10.6 Å². The normalized spacial score (nSPS) is 18.4. The predicted molar refractivity (Wildman–Crippen MR) is 120 cm³/mol. The standard InChI is InChI=1S/C24H27N3O5/c1-15(2)22(24(30)25-17-8-9-19-20(13-17)32-11-10-31-19)26-23(29)16-12-21(28)27(14-16)18-6-4-3-5-7-18/h3-9,13,15-16,22H,10-12,14H2,1-2H3,(H,25,30)(H,26,29). The largest absolute Gasteiger partial charge is 0.486 e. The fourth-order valence-electron chi connectivity index (χ4n) is 3.89. The van der Waals surface area contributed by atoms with Gasteiger partial charge in [-0.2, -0.15) is 0 Å². The van der Waals surface area contributed by atoms with Crippen LogP contribution in [0.1, 0.15) is 20.3 Å². The van der Waals surface area contributed by atoms with E-state index in [0.29, 0.717) is 36.9 Å². The Balaban J connectivity index is 1.40. The van der Waals surface area contributed by atoms with Crippen molar-refractivity contribution >= 4 is 29.1 Å². The Morgan fingerprint density at radius 1 is 1.03 bits per heavy atom. The van der Waals surface area contributed by atoms with Crippen molar-refractivity contribution in [1.29, 1.82) is 0 Å². The minimum absolute atomic E-state index is 0.0989. The molecular formula is C24H27N3O5. The molecule has 0 spiro atoms. The molecule has 2 aromatic rings. The summed E-state index contributed by atoms with van der Waals surface area (Å²) < 4.78 is 11.1. The van der Waals surface area contributed by atoms with Crippen LogP contribution in [-0.2, 0) is 14.4 Å². The number of para-hydroxylation sites is 1. The molecule has 0 bridgehead atoms. The van der Waals surface area contributed by atoms with Crippen LogP contribution in [0.5, 0.6) is 11.5 Å². The van der Waals surface area contributed by atoms with Crippen LogP contribution in [0.4, 0.5) is 11.4 Å². The van der Waals surface area contributed by atoms with E-state index >= 15 is 0 Å². The molecule has 2 atom stereocenters. The number of benzene rings is 2. The molecule has 8 nitrogen and oxygen atoms in total. The molecule has 32 heavy (non-hydrogen) atoms. The first kappa shape index (κ1) is 21.7. The molecule has 3 amide bonds. The van der Waals surface area contributed by atoms with Gasteiger partial charge in [-0.1, -0.05) is 32.0 Å². The van der Waals surface area contributed by atoms with Crippen LogP contribution in [0.2, 0.25) is 0 Å². The molecule has 2 N–H and O–H groups in total. The summed E-state index contributed by atoms with van der Waals surface area (Å²) in [4.78, 5) is 39.9. The number of hydrogen-bond donors (Lipinski definition) is 2. The van der Waals surface area contributed by atoms with Gasteiger partial charge in [0.1, 0.15) is 19.3 Å². The maximum atomic E-state index is 12.9. The van der Waals surface area contributed by atoms with Gasteiger partial charge in [0.05, 0.1) is 5.92 Å². The van der Waals surface area contributed by atoms with Crippen molar-refractivity contribution in [2.24, 2.45) is 11.8 Å². The lowest BCUT2D eigenvalue weighted by molar-refractivity contribution is -0.130. The Morgan fingerprint density at radius 3 is 2.47 bits per heavy atom.